The number of aromatic nitrogens is 2. The molecule has 1 aromatic rings. The summed E-state index contributed by atoms with van der Waals surface area (Å²) in [5.74, 6) is 0.633. The highest BCUT2D eigenvalue weighted by Gasteiger charge is 2.23. The number of amides is 1. The zero-order valence-electron chi connectivity index (χ0n) is 12.0. The smallest absolute Gasteiger partial charge is 0.271 e. The molecule has 0 saturated heterocycles. The summed E-state index contributed by atoms with van der Waals surface area (Å²) in [5, 5.41) is 10.9. The molecule has 0 radical (unpaired) electrons. The fraction of sp³-hybridized carbons (Fsp3) is 0.643. The van der Waals surface area contributed by atoms with Crippen molar-refractivity contribution in [1.82, 2.24) is 15.5 Å². The van der Waals surface area contributed by atoms with Crippen LogP contribution in [0.2, 0.25) is 0 Å². The molecular weight excluding hydrogens is 254 g/mol. The highest BCUT2D eigenvalue weighted by atomic mass is 16.1. The Morgan fingerprint density at radius 2 is 2.15 bits per heavy atom. The van der Waals surface area contributed by atoms with Crippen molar-refractivity contribution in [3.63, 3.8) is 0 Å². The molecule has 1 aliphatic carbocycles. The molecule has 1 aromatic heterocycles. The second kappa shape index (κ2) is 7.19. The first-order valence-corrected chi connectivity index (χ1v) is 7.35. The number of hydrogen-bond acceptors (Lipinski definition) is 5. The van der Waals surface area contributed by atoms with Gasteiger partial charge in [-0.25, -0.2) is 0 Å². The summed E-state index contributed by atoms with van der Waals surface area (Å²) in [4.78, 5) is 13.9. The monoisotopic (exact) mass is 277 g/mol. The Hall–Kier alpha value is -1.69. The lowest BCUT2D eigenvalue weighted by atomic mass is 10.2. The van der Waals surface area contributed by atoms with Crippen molar-refractivity contribution < 1.29 is 4.79 Å². The number of anilines is 1. The molecule has 1 amide bonds. The summed E-state index contributed by atoms with van der Waals surface area (Å²) >= 11 is 0. The third kappa shape index (κ3) is 3.45. The van der Waals surface area contributed by atoms with Crippen LogP contribution in [0.5, 0.6) is 0 Å². The summed E-state index contributed by atoms with van der Waals surface area (Å²) in [7, 11) is 0. The Balaban J connectivity index is 2.11. The topological polar surface area (TPSA) is 84.1 Å². The van der Waals surface area contributed by atoms with Gasteiger partial charge in [-0.15, -0.1) is 10.2 Å². The molecule has 6 heteroatoms. The van der Waals surface area contributed by atoms with Gasteiger partial charge in [0.15, 0.2) is 11.5 Å². The SMILES string of the molecule is CCNC(=O)c1ccc(N(CCN)C2CCCC2)nn1. The zero-order valence-corrected chi connectivity index (χ0v) is 12.0. The summed E-state index contributed by atoms with van der Waals surface area (Å²) < 4.78 is 0. The van der Waals surface area contributed by atoms with Crippen LogP contribution in [0.1, 0.15) is 43.1 Å². The van der Waals surface area contributed by atoms with Crippen LogP contribution < -0.4 is 16.0 Å². The zero-order chi connectivity index (χ0) is 14.4. The minimum absolute atomic E-state index is 0.183. The summed E-state index contributed by atoms with van der Waals surface area (Å²) in [6.45, 7) is 3.84. The normalized spacial score (nSPS) is 15.3. The van der Waals surface area contributed by atoms with Crippen molar-refractivity contribution in [2.75, 3.05) is 24.5 Å². The lowest BCUT2D eigenvalue weighted by Gasteiger charge is -2.29. The average molecular weight is 277 g/mol. The van der Waals surface area contributed by atoms with Crippen molar-refractivity contribution in [3.8, 4) is 0 Å². The van der Waals surface area contributed by atoms with E-state index in [2.05, 4.69) is 20.4 Å². The Kier molecular flexibility index (Phi) is 5.29. The van der Waals surface area contributed by atoms with Crippen LogP contribution in [0.3, 0.4) is 0 Å². The van der Waals surface area contributed by atoms with Gasteiger partial charge in [0.25, 0.3) is 5.91 Å². The van der Waals surface area contributed by atoms with Crippen molar-refractivity contribution >= 4 is 11.7 Å². The van der Waals surface area contributed by atoms with Gasteiger partial charge in [-0.3, -0.25) is 4.79 Å². The maximum absolute atomic E-state index is 11.7. The molecule has 0 unspecified atom stereocenters. The second-order valence-electron chi connectivity index (χ2n) is 5.06. The van der Waals surface area contributed by atoms with E-state index in [1.807, 2.05) is 13.0 Å². The Bertz CT molecular complexity index is 428. The quantitative estimate of drug-likeness (QED) is 0.808. The number of nitrogens with one attached hydrogen (secondary N) is 1. The van der Waals surface area contributed by atoms with Crippen LogP contribution in [0.15, 0.2) is 12.1 Å². The predicted molar refractivity (Wildman–Crippen MR) is 78.7 cm³/mol. The van der Waals surface area contributed by atoms with E-state index in [1.54, 1.807) is 6.07 Å². The van der Waals surface area contributed by atoms with Gasteiger partial charge in [-0.2, -0.15) is 0 Å². The Morgan fingerprint density at radius 3 is 2.70 bits per heavy atom. The lowest BCUT2D eigenvalue weighted by Crippen LogP contribution is -2.38. The molecule has 0 aliphatic heterocycles. The third-order valence-electron chi connectivity index (χ3n) is 3.65. The molecule has 1 heterocycles. The van der Waals surface area contributed by atoms with Gasteiger partial charge in [0.05, 0.1) is 0 Å². The summed E-state index contributed by atoms with van der Waals surface area (Å²) in [6.07, 6.45) is 4.88. The van der Waals surface area contributed by atoms with Gasteiger partial charge in [0, 0.05) is 25.7 Å². The van der Waals surface area contributed by atoms with Crippen LogP contribution in [0, 0.1) is 0 Å². The molecule has 1 saturated carbocycles. The van der Waals surface area contributed by atoms with Crippen LogP contribution >= 0.6 is 0 Å². The number of carbonyl (C=O) groups is 1. The van der Waals surface area contributed by atoms with E-state index in [-0.39, 0.29) is 5.91 Å². The molecule has 0 bridgehead atoms. The van der Waals surface area contributed by atoms with E-state index in [9.17, 15) is 4.79 Å². The molecule has 6 nitrogen and oxygen atoms in total. The van der Waals surface area contributed by atoms with Gasteiger partial charge in [-0.05, 0) is 31.9 Å². The van der Waals surface area contributed by atoms with Gasteiger partial charge in [0.2, 0.25) is 0 Å². The number of nitrogens with two attached hydrogens (primary N) is 1. The molecule has 2 rings (SSSR count). The van der Waals surface area contributed by atoms with Crippen LogP contribution in [-0.4, -0.2) is 41.8 Å². The molecule has 110 valence electrons. The van der Waals surface area contributed by atoms with Crippen molar-refractivity contribution in [2.24, 2.45) is 5.73 Å². The van der Waals surface area contributed by atoms with Crippen molar-refractivity contribution in [3.05, 3.63) is 17.8 Å². The molecular formula is C14H23N5O. The highest BCUT2D eigenvalue weighted by molar-refractivity contribution is 5.92. The molecule has 0 spiro atoms. The van der Waals surface area contributed by atoms with Gasteiger partial charge >= 0.3 is 0 Å². The van der Waals surface area contributed by atoms with E-state index in [4.69, 9.17) is 5.73 Å². The largest absolute Gasteiger partial charge is 0.351 e. The molecule has 0 atom stereocenters. The van der Waals surface area contributed by atoms with Crippen LogP contribution in [0.25, 0.3) is 0 Å². The van der Waals surface area contributed by atoms with Gasteiger partial charge in [0.1, 0.15) is 0 Å². The van der Waals surface area contributed by atoms with Crippen LogP contribution in [0.4, 0.5) is 5.82 Å². The van der Waals surface area contributed by atoms with Crippen molar-refractivity contribution in [2.45, 2.75) is 38.6 Å². The first-order chi connectivity index (χ1) is 9.76. The highest BCUT2D eigenvalue weighted by Crippen LogP contribution is 2.26. The number of carbonyl (C=O) groups excluding carboxylic acids is 1. The fourth-order valence-corrected chi connectivity index (χ4v) is 2.69. The first kappa shape index (κ1) is 14.7. The minimum Gasteiger partial charge on any atom is -0.351 e. The van der Waals surface area contributed by atoms with Gasteiger partial charge in [-0.1, -0.05) is 12.8 Å². The maximum atomic E-state index is 11.7. The van der Waals surface area contributed by atoms with E-state index >= 15 is 0 Å². The summed E-state index contributed by atoms with van der Waals surface area (Å²) in [6, 6.07) is 4.10. The Morgan fingerprint density at radius 1 is 1.40 bits per heavy atom. The standard InChI is InChI=1S/C14H23N5O/c1-2-16-14(20)12-7-8-13(18-17-12)19(10-9-15)11-5-3-4-6-11/h7-8,11H,2-6,9-10,15H2,1H3,(H,16,20). The molecule has 3 N–H and O–H groups in total. The Labute approximate surface area is 119 Å². The van der Waals surface area contributed by atoms with E-state index < -0.39 is 0 Å². The molecule has 20 heavy (non-hydrogen) atoms. The van der Waals surface area contributed by atoms with Crippen molar-refractivity contribution in [1.29, 1.82) is 0 Å². The molecule has 1 aliphatic rings. The van der Waals surface area contributed by atoms with E-state index in [0.29, 0.717) is 24.8 Å². The fourth-order valence-electron chi connectivity index (χ4n) is 2.69. The molecule has 1 fully saturated rings. The van der Waals surface area contributed by atoms with E-state index in [1.165, 1.54) is 25.7 Å². The number of hydrogen-bond donors (Lipinski definition) is 2. The summed E-state index contributed by atoms with van der Waals surface area (Å²) in [5.41, 5.74) is 6.05. The average Bonchev–Trinajstić information content (AvgIpc) is 2.99. The second-order valence-corrected chi connectivity index (χ2v) is 5.06. The minimum atomic E-state index is -0.183. The van der Waals surface area contributed by atoms with Crippen LogP contribution in [-0.2, 0) is 0 Å². The first-order valence-electron chi connectivity index (χ1n) is 7.35. The maximum Gasteiger partial charge on any atom is 0.271 e. The van der Waals surface area contributed by atoms with Gasteiger partial charge < -0.3 is 16.0 Å². The third-order valence-corrected chi connectivity index (χ3v) is 3.65. The predicted octanol–water partition coefficient (Wildman–Crippen LogP) is 0.934. The number of nitrogens with zero attached hydrogens (tertiary/aromatic N) is 3. The van der Waals surface area contributed by atoms with E-state index in [0.717, 1.165) is 12.4 Å². The molecule has 0 aromatic carbocycles. The number of rotatable bonds is 6. The lowest BCUT2D eigenvalue weighted by molar-refractivity contribution is 0.0950.